The van der Waals surface area contributed by atoms with E-state index in [0.29, 0.717) is 5.11 Å². The molecule has 0 spiro atoms. The molecule has 0 fully saturated rings. The summed E-state index contributed by atoms with van der Waals surface area (Å²) in [7, 11) is 0. The number of nitrogens with zero attached hydrogens (tertiary/aromatic N) is 1. The SMILES string of the molecule is CCCNC(=S)N/N=C(\C)c1ccc[nH]1. The Morgan fingerprint density at radius 2 is 2.40 bits per heavy atom. The van der Waals surface area contributed by atoms with Gasteiger partial charge in [0.1, 0.15) is 0 Å². The largest absolute Gasteiger partial charge is 0.361 e. The lowest BCUT2D eigenvalue weighted by Crippen LogP contribution is -2.33. The number of aromatic nitrogens is 1. The maximum atomic E-state index is 5.03. The van der Waals surface area contributed by atoms with Gasteiger partial charge in [0.05, 0.1) is 11.4 Å². The monoisotopic (exact) mass is 224 g/mol. The molecular formula is C10H16N4S. The van der Waals surface area contributed by atoms with E-state index in [1.807, 2.05) is 25.3 Å². The van der Waals surface area contributed by atoms with Gasteiger partial charge in [-0.2, -0.15) is 5.10 Å². The van der Waals surface area contributed by atoms with E-state index in [1.54, 1.807) is 0 Å². The number of thiocarbonyl (C=S) groups is 1. The van der Waals surface area contributed by atoms with Crippen LogP contribution in [0.3, 0.4) is 0 Å². The number of H-pyrrole nitrogens is 1. The number of aromatic amines is 1. The Kier molecular flexibility index (Phi) is 4.83. The Morgan fingerprint density at radius 1 is 1.60 bits per heavy atom. The third-order valence-corrected chi connectivity index (χ3v) is 2.08. The zero-order valence-corrected chi connectivity index (χ0v) is 9.82. The van der Waals surface area contributed by atoms with E-state index in [4.69, 9.17) is 12.2 Å². The maximum Gasteiger partial charge on any atom is 0.186 e. The molecule has 0 aliphatic rings. The molecule has 15 heavy (non-hydrogen) atoms. The zero-order valence-electron chi connectivity index (χ0n) is 9.00. The summed E-state index contributed by atoms with van der Waals surface area (Å²) in [5, 5.41) is 7.75. The quantitative estimate of drug-likeness (QED) is 0.414. The predicted molar refractivity (Wildman–Crippen MR) is 67.0 cm³/mol. The summed E-state index contributed by atoms with van der Waals surface area (Å²) >= 11 is 5.03. The molecule has 0 saturated heterocycles. The molecule has 0 aromatic carbocycles. The molecule has 0 atom stereocenters. The first-order valence-electron chi connectivity index (χ1n) is 4.96. The van der Waals surface area contributed by atoms with Crippen molar-refractivity contribution in [2.24, 2.45) is 5.10 Å². The van der Waals surface area contributed by atoms with Gasteiger partial charge in [-0.05, 0) is 37.7 Å². The second-order valence-corrected chi connectivity index (χ2v) is 3.56. The van der Waals surface area contributed by atoms with Gasteiger partial charge in [-0.25, -0.2) is 0 Å². The fraction of sp³-hybridized carbons (Fsp3) is 0.400. The normalized spacial score (nSPS) is 11.2. The number of hydrazone groups is 1. The van der Waals surface area contributed by atoms with E-state index in [1.165, 1.54) is 0 Å². The van der Waals surface area contributed by atoms with Gasteiger partial charge in [-0.15, -0.1) is 0 Å². The van der Waals surface area contributed by atoms with Gasteiger partial charge in [-0.3, -0.25) is 5.43 Å². The molecule has 1 rings (SSSR count). The standard InChI is InChI=1S/C10H16N4S/c1-3-6-12-10(15)14-13-8(2)9-5-4-7-11-9/h4-5,7,11H,3,6H2,1-2H3,(H2,12,14,15)/b13-8+. The molecule has 0 bridgehead atoms. The van der Waals surface area contributed by atoms with Crippen LogP contribution in [0.1, 0.15) is 26.0 Å². The highest BCUT2D eigenvalue weighted by Crippen LogP contribution is 1.95. The van der Waals surface area contributed by atoms with Crippen LogP contribution in [-0.2, 0) is 0 Å². The number of hydrogen-bond donors (Lipinski definition) is 3. The second-order valence-electron chi connectivity index (χ2n) is 3.15. The Labute approximate surface area is 95.2 Å². The smallest absolute Gasteiger partial charge is 0.186 e. The Balaban J connectivity index is 2.40. The van der Waals surface area contributed by atoms with Gasteiger partial charge < -0.3 is 10.3 Å². The average Bonchev–Trinajstić information content (AvgIpc) is 2.76. The fourth-order valence-corrected chi connectivity index (χ4v) is 1.18. The summed E-state index contributed by atoms with van der Waals surface area (Å²) in [5.41, 5.74) is 4.66. The van der Waals surface area contributed by atoms with Crippen LogP contribution in [-0.4, -0.2) is 22.4 Å². The van der Waals surface area contributed by atoms with Crippen LogP contribution in [0.5, 0.6) is 0 Å². The van der Waals surface area contributed by atoms with Crippen LogP contribution in [0, 0.1) is 0 Å². The zero-order chi connectivity index (χ0) is 11.1. The van der Waals surface area contributed by atoms with Gasteiger partial charge in [0.25, 0.3) is 0 Å². The molecule has 0 radical (unpaired) electrons. The molecule has 0 aliphatic carbocycles. The molecule has 0 saturated carbocycles. The predicted octanol–water partition coefficient (Wildman–Crippen LogP) is 1.61. The van der Waals surface area contributed by atoms with E-state index in [2.05, 4.69) is 27.8 Å². The lowest BCUT2D eigenvalue weighted by molar-refractivity contribution is 0.816. The van der Waals surface area contributed by atoms with E-state index >= 15 is 0 Å². The summed E-state index contributed by atoms with van der Waals surface area (Å²) in [6.45, 7) is 4.87. The maximum absolute atomic E-state index is 5.03. The first-order chi connectivity index (χ1) is 7.24. The first-order valence-corrected chi connectivity index (χ1v) is 5.36. The summed E-state index contributed by atoms with van der Waals surface area (Å²) in [6.07, 6.45) is 2.91. The summed E-state index contributed by atoms with van der Waals surface area (Å²) in [5.74, 6) is 0. The number of nitrogens with one attached hydrogen (secondary N) is 3. The lowest BCUT2D eigenvalue weighted by Gasteiger charge is -2.05. The third-order valence-electron chi connectivity index (χ3n) is 1.85. The highest BCUT2D eigenvalue weighted by Gasteiger charge is 1.97. The minimum Gasteiger partial charge on any atom is -0.361 e. The minimum atomic E-state index is 0.558. The molecule has 3 N–H and O–H groups in total. The fourth-order valence-electron chi connectivity index (χ4n) is 1.03. The molecule has 82 valence electrons. The first kappa shape index (κ1) is 11.7. The average molecular weight is 224 g/mol. The lowest BCUT2D eigenvalue weighted by atomic mass is 10.3. The van der Waals surface area contributed by atoms with Crippen molar-refractivity contribution in [2.75, 3.05) is 6.54 Å². The molecule has 0 aliphatic heterocycles. The van der Waals surface area contributed by atoms with Crippen molar-refractivity contribution in [3.8, 4) is 0 Å². The molecule has 0 amide bonds. The topological polar surface area (TPSA) is 52.2 Å². The molecule has 1 aromatic rings. The summed E-state index contributed by atoms with van der Waals surface area (Å²) in [4.78, 5) is 3.07. The molecule has 1 heterocycles. The molecule has 4 nitrogen and oxygen atoms in total. The van der Waals surface area contributed by atoms with Gasteiger partial charge >= 0.3 is 0 Å². The van der Waals surface area contributed by atoms with Crippen molar-refractivity contribution in [3.05, 3.63) is 24.0 Å². The molecule has 1 aromatic heterocycles. The van der Waals surface area contributed by atoms with Crippen LogP contribution in [0.2, 0.25) is 0 Å². The van der Waals surface area contributed by atoms with Crippen molar-refractivity contribution in [1.82, 2.24) is 15.7 Å². The number of hydrogen-bond acceptors (Lipinski definition) is 2. The second kappa shape index (κ2) is 6.19. The van der Waals surface area contributed by atoms with Crippen LogP contribution >= 0.6 is 12.2 Å². The van der Waals surface area contributed by atoms with E-state index < -0.39 is 0 Å². The van der Waals surface area contributed by atoms with Crippen LogP contribution in [0.15, 0.2) is 23.4 Å². The van der Waals surface area contributed by atoms with Gasteiger partial charge in [0, 0.05) is 12.7 Å². The van der Waals surface area contributed by atoms with Crippen molar-refractivity contribution in [3.63, 3.8) is 0 Å². The third kappa shape index (κ3) is 4.12. The van der Waals surface area contributed by atoms with Gasteiger partial charge in [0.2, 0.25) is 0 Å². The van der Waals surface area contributed by atoms with Crippen molar-refractivity contribution < 1.29 is 0 Å². The molecular weight excluding hydrogens is 208 g/mol. The van der Waals surface area contributed by atoms with E-state index in [9.17, 15) is 0 Å². The minimum absolute atomic E-state index is 0.558. The van der Waals surface area contributed by atoms with Crippen molar-refractivity contribution >= 4 is 23.0 Å². The highest BCUT2D eigenvalue weighted by atomic mass is 32.1. The molecule has 5 heteroatoms. The van der Waals surface area contributed by atoms with E-state index in [-0.39, 0.29) is 0 Å². The highest BCUT2D eigenvalue weighted by molar-refractivity contribution is 7.80. The van der Waals surface area contributed by atoms with Crippen molar-refractivity contribution in [2.45, 2.75) is 20.3 Å². The van der Waals surface area contributed by atoms with Crippen molar-refractivity contribution in [1.29, 1.82) is 0 Å². The summed E-state index contributed by atoms with van der Waals surface area (Å²) in [6, 6.07) is 3.89. The number of rotatable bonds is 4. The Bertz CT molecular complexity index is 329. The Morgan fingerprint density at radius 3 is 3.00 bits per heavy atom. The van der Waals surface area contributed by atoms with Crippen LogP contribution in [0.25, 0.3) is 0 Å². The van der Waals surface area contributed by atoms with Crippen LogP contribution in [0.4, 0.5) is 0 Å². The summed E-state index contributed by atoms with van der Waals surface area (Å²) < 4.78 is 0. The van der Waals surface area contributed by atoms with Gasteiger partial charge in [-0.1, -0.05) is 6.92 Å². The molecule has 0 unspecified atom stereocenters. The van der Waals surface area contributed by atoms with E-state index in [0.717, 1.165) is 24.4 Å². The van der Waals surface area contributed by atoms with Crippen LogP contribution < -0.4 is 10.7 Å². The van der Waals surface area contributed by atoms with Gasteiger partial charge in [0.15, 0.2) is 5.11 Å². The Hall–Kier alpha value is -1.36.